The summed E-state index contributed by atoms with van der Waals surface area (Å²) in [5.41, 5.74) is 4.34. The fourth-order valence-corrected chi connectivity index (χ4v) is 5.92. The van der Waals surface area contributed by atoms with Crippen LogP contribution in [0, 0.1) is 0 Å². The fourth-order valence-electron chi connectivity index (χ4n) is 5.92. The number of nitrogens with one attached hydrogen (secondary N) is 1. The van der Waals surface area contributed by atoms with Crippen LogP contribution in [0.3, 0.4) is 0 Å². The maximum Gasteiger partial charge on any atom is 0.260 e. The van der Waals surface area contributed by atoms with E-state index >= 15 is 0 Å². The zero-order valence-corrected chi connectivity index (χ0v) is 23.8. The minimum absolute atomic E-state index is 0.0180. The maximum absolute atomic E-state index is 13.4. The van der Waals surface area contributed by atoms with E-state index in [9.17, 15) is 9.59 Å². The quantitative estimate of drug-likeness (QED) is 0.485. The van der Waals surface area contributed by atoms with Crippen molar-refractivity contribution in [2.75, 3.05) is 75.2 Å². The lowest BCUT2D eigenvalue weighted by Gasteiger charge is -2.32. The first kappa shape index (κ1) is 27.0. The summed E-state index contributed by atoms with van der Waals surface area (Å²) in [6, 6.07) is 15.4. The van der Waals surface area contributed by atoms with Gasteiger partial charge in [-0.25, -0.2) is 4.98 Å². The van der Waals surface area contributed by atoms with Gasteiger partial charge in [0.2, 0.25) is 0 Å². The van der Waals surface area contributed by atoms with E-state index in [1.54, 1.807) is 18.1 Å². The molecule has 41 heavy (non-hydrogen) atoms. The highest BCUT2D eigenvalue weighted by Gasteiger charge is 2.32. The molecule has 3 aliphatic heterocycles. The van der Waals surface area contributed by atoms with Crippen LogP contribution in [0.2, 0.25) is 0 Å². The molecule has 0 saturated carbocycles. The number of morpholine rings is 1. The van der Waals surface area contributed by atoms with Crippen molar-refractivity contribution in [1.29, 1.82) is 0 Å². The van der Waals surface area contributed by atoms with Gasteiger partial charge >= 0.3 is 0 Å². The third-order valence-electron chi connectivity index (χ3n) is 8.19. The molecule has 214 valence electrons. The Morgan fingerprint density at radius 1 is 1.02 bits per heavy atom. The summed E-state index contributed by atoms with van der Waals surface area (Å²) in [5.74, 6) is 1.13. The molecule has 6 rings (SSSR count). The van der Waals surface area contributed by atoms with E-state index in [1.807, 2.05) is 72.3 Å². The molecule has 10 heteroatoms. The van der Waals surface area contributed by atoms with Crippen LogP contribution in [-0.2, 0) is 4.74 Å². The number of para-hydroxylation sites is 1. The number of aromatic nitrogens is 1. The van der Waals surface area contributed by atoms with Gasteiger partial charge in [-0.05, 0) is 43.7 Å². The number of ether oxygens (including phenoxy) is 2. The Morgan fingerprint density at radius 2 is 1.83 bits per heavy atom. The van der Waals surface area contributed by atoms with E-state index in [4.69, 9.17) is 9.47 Å². The van der Waals surface area contributed by atoms with Crippen molar-refractivity contribution in [2.45, 2.75) is 19.4 Å². The molecule has 0 aliphatic carbocycles. The Morgan fingerprint density at radius 3 is 2.63 bits per heavy atom. The van der Waals surface area contributed by atoms with Crippen molar-refractivity contribution in [1.82, 2.24) is 14.8 Å². The zero-order chi connectivity index (χ0) is 28.5. The molecule has 0 bridgehead atoms. The van der Waals surface area contributed by atoms with Crippen molar-refractivity contribution < 1.29 is 19.1 Å². The SMILES string of the molecule is CCOc1cc(C(=O)N2CCC(N3CCOCC3)C2)ccc1Nc1cc2c(cn1)N(C)C(=O)c1ccccc1N2C. The van der Waals surface area contributed by atoms with Crippen molar-refractivity contribution in [3.63, 3.8) is 0 Å². The predicted octanol–water partition coefficient (Wildman–Crippen LogP) is 4.13. The second kappa shape index (κ2) is 11.4. The Kier molecular flexibility index (Phi) is 7.51. The molecule has 3 aromatic rings. The third kappa shape index (κ3) is 5.20. The van der Waals surface area contributed by atoms with Gasteiger partial charge in [0.05, 0.1) is 54.3 Å². The standard InChI is InChI=1S/C31H36N6O4/c1-4-41-28-17-21(30(38)37-12-11-22(20-37)36-13-15-40-16-14-36)9-10-24(28)33-29-18-26-27(19-32-29)35(3)31(39)23-7-5-6-8-25(23)34(26)2/h5-10,17-19,22H,4,11-16,20H2,1-3H3,(H,32,33). The van der Waals surface area contributed by atoms with Gasteiger partial charge in [0.15, 0.2) is 0 Å². The minimum Gasteiger partial charge on any atom is -0.492 e. The largest absolute Gasteiger partial charge is 0.492 e. The molecule has 1 atom stereocenters. The summed E-state index contributed by atoms with van der Waals surface area (Å²) < 4.78 is 11.5. The van der Waals surface area contributed by atoms with Crippen molar-refractivity contribution in [3.05, 3.63) is 65.9 Å². The van der Waals surface area contributed by atoms with E-state index in [1.165, 1.54) is 0 Å². The van der Waals surface area contributed by atoms with Gasteiger partial charge in [0, 0.05) is 57.9 Å². The summed E-state index contributed by atoms with van der Waals surface area (Å²) in [7, 11) is 3.71. The van der Waals surface area contributed by atoms with Crippen molar-refractivity contribution in [3.8, 4) is 5.75 Å². The second-order valence-electron chi connectivity index (χ2n) is 10.6. The number of rotatable bonds is 6. The smallest absolute Gasteiger partial charge is 0.260 e. The highest BCUT2D eigenvalue weighted by atomic mass is 16.5. The zero-order valence-electron chi connectivity index (χ0n) is 23.8. The van der Waals surface area contributed by atoms with Crippen LogP contribution in [0.1, 0.15) is 34.1 Å². The van der Waals surface area contributed by atoms with Crippen LogP contribution >= 0.6 is 0 Å². The van der Waals surface area contributed by atoms with Crippen LogP contribution < -0.4 is 19.9 Å². The number of hydrogen-bond donors (Lipinski definition) is 1. The summed E-state index contributed by atoms with van der Waals surface area (Å²) >= 11 is 0. The highest BCUT2D eigenvalue weighted by molar-refractivity contribution is 6.13. The molecular formula is C31H36N6O4. The molecule has 2 fully saturated rings. The maximum atomic E-state index is 13.4. The monoisotopic (exact) mass is 556 g/mol. The molecule has 4 heterocycles. The summed E-state index contributed by atoms with van der Waals surface area (Å²) in [5, 5.41) is 3.37. The predicted molar refractivity (Wildman–Crippen MR) is 159 cm³/mol. The van der Waals surface area contributed by atoms with Gasteiger partial charge in [0.1, 0.15) is 11.6 Å². The summed E-state index contributed by atoms with van der Waals surface area (Å²) in [4.78, 5) is 39.2. The number of pyridine rings is 1. The Labute approximate surface area is 240 Å². The average molecular weight is 557 g/mol. The van der Waals surface area contributed by atoms with Gasteiger partial charge in [-0.1, -0.05) is 12.1 Å². The van der Waals surface area contributed by atoms with E-state index < -0.39 is 0 Å². The topological polar surface area (TPSA) is 90.5 Å². The molecule has 10 nitrogen and oxygen atoms in total. The number of carbonyl (C=O) groups excluding carboxylic acids is 2. The molecule has 2 amide bonds. The van der Waals surface area contributed by atoms with Crippen LogP contribution in [0.5, 0.6) is 5.75 Å². The molecule has 2 saturated heterocycles. The van der Waals surface area contributed by atoms with E-state index in [2.05, 4.69) is 15.2 Å². The fraction of sp³-hybridized carbons (Fsp3) is 0.387. The number of anilines is 5. The van der Waals surface area contributed by atoms with Crippen LogP contribution in [0.15, 0.2) is 54.7 Å². The molecule has 0 radical (unpaired) electrons. The molecule has 1 aromatic heterocycles. The van der Waals surface area contributed by atoms with E-state index in [-0.39, 0.29) is 11.8 Å². The highest BCUT2D eigenvalue weighted by Crippen LogP contribution is 2.40. The van der Waals surface area contributed by atoms with Gasteiger partial charge in [-0.3, -0.25) is 14.5 Å². The number of hydrogen-bond acceptors (Lipinski definition) is 8. The second-order valence-corrected chi connectivity index (χ2v) is 10.6. The lowest BCUT2D eigenvalue weighted by molar-refractivity contribution is 0.0185. The van der Waals surface area contributed by atoms with E-state index in [0.29, 0.717) is 46.7 Å². The summed E-state index contributed by atoms with van der Waals surface area (Å²) in [6.07, 6.45) is 2.68. The average Bonchev–Trinajstić information content (AvgIpc) is 3.49. The first-order valence-electron chi connectivity index (χ1n) is 14.2. The number of nitrogens with zero attached hydrogens (tertiary/aromatic N) is 5. The van der Waals surface area contributed by atoms with Gasteiger partial charge < -0.3 is 29.5 Å². The first-order chi connectivity index (χ1) is 19.9. The normalized spacial score (nSPS) is 19.0. The first-order valence-corrected chi connectivity index (χ1v) is 14.2. The number of carbonyl (C=O) groups is 2. The molecule has 0 spiro atoms. The van der Waals surface area contributed by atoms with Gasteiger partial charge in [-0.15, -0.1) is 0 Å². The third-order valence-corrected chi connectivity index (χ3v) is 8.19. The lowest BCUT2D eigenvalue weighted by atomic mass is 10.1. The van der Waals surface area contributed by atoms with Gasteiger partial charge in [-0.2, -0.15) is 0 Å². The number of fused-ring (bicyclic) bond motifs is 2. The van der Waals surface area contributed by atoms with E-state index in [0.717, 1.165) is 57.2 Å². The van der Waals surface area contributed by atoms with Gasteiger partial charge in [0.25, 0.3) is 11.8 Å². The van der Waals surface area contributed by atoms with Crippen LogP contribution in [0.25, 0.3) is 0 Å². The minimum atomic E-state index is -0.0816. The number of benzene rings is 2. The van der Waals surface area contributed by atoms with Crippen molar-refractivity contribution >= 4 is 40.4 Å². The molecule has 1 N–H and O–H groups in total. The lowest BCUT2D eigenvalue weighted by Crippen LogP contribution is -2.45. The Bertz CT molecular complexity index is 1460. The van der Waals surface area contributed by atoms with Crippen LogP contribution in [0.4, 0.5) is 28.6 Å². The molecule has 1 unspecified atom stereocenters. The van der Waals surface area contributed by atoms with Crippen molar-refractivity contribution in [2.24, 2.45) is 0 Å². The molecule has 2 aromatic carbocycles. The summed E-state index contributed by atoms with van der Waals surface area (Å²) in [6.45, 7) is 7.22. The Hall–Kier alpha value is -4.15. The molecular weight excluding hydrogens is 520 g/mol. The number of likely N-dealkylation sites (tertiary alicyclic amines) is 1. The van der Waals surface area contributed by atoms with Crippen LogP contribution in [-0.4, -0.2) is 92.7 Å². The Balaban J connectivity index is 1.23. The molecule has 3 aliphatic rings. The number of amides is 2.